The van der Waals surface area contributed by atoms with Gasteiger partial charge in [-0.3, -0.25) is 0 Å². The molecule has 0 aliphatic rings. The lowest BCUT2D eigenvalue weighted by molar-refractivity contribution is 0.0593. The van der Waals surface area contributed by atoms with Gasteiger partial charge in [-0.25, -0.2) is 9.78 Å². The molecule has 1 aromatic rings. The number of rotatable bonds is 1. The summed E-state index contributed by atoms with van der Waals surface area (Å²) in [5.41, 5.74) is 7.91. The number of hydrogen-bond acceptors (Lipinski definition) is 4. The Bertz CT molecular complexity index is 348. The van der Waals surface area contributed by atoms with Crippen LogP contribution in [0, 0.1) is 13.8 Å². The van der Waals surface area contributed by atoms with E-state index in [4.69, 9.17) is 5.73 Å². The van der Waals surface area contributed by atoms with Gasteiger partial charge in [-0.15, -0.1) is 0 Å². The SMILES string of the molecule is COC(=O)c1nc(C)c(N)cc1C. The fourth-order valence-corrected chi connectivity index (χ4v) is 1.03. The van der Waals surface area contributed by atoms with Crippen LogP contribution >= 0.6 is 0 Å². The number of esters is 1. The molecule has 4 heteroatoms. The quantitative estimate of drug-likeness (QED) is 0.656. The van der Waals surface area contributed by atoms with Gasteiger partial charge in [0.25, 0.3) is 0 Å². The van der Waals surface area contributed by atoms with E-state index in [1.807, 2.05) is 0 Å². The fraction of sp³-hybridized carbons (Fsp3) is 0.333. The summed E-state index contributed by atoms with van der Waals surface area (Å²) in [7, 11) is 1.33. The maximum atomic E-state index is 11.2. The van der Waals surface area contributed by atoms with Crippen LogP contribution in [0.15, 0.2) is 6.07 Å². The van der Waals surface area contributed by atoms with Gasteiger partial charge in [-0.05, 0) is 25.5 Å². The normalized spacial score (nSPS) is 9.77. The van der Waals surface area contributed by atoms with E-state index in [1.165, 1.54) is 7.11 Å². The molecule has 0 atom stereocenters. The Morgan fingerprint density at radius 2 is 2.15 bits per heavy atom. The topological polar surface area (TPSA) is 65.2 Å². The largest absolute Gasteiger partial charge is 0.464 e. The Labute approximate surface area is 76.7 Å². The van der Waals surface area contributed by atoms with Gasteiger partial charge in [0.15, 0.2) is 5.69 Å². The third-order valence-corrected chi connectivity index (χ3v) is 1.82. The molecule has 0 radical (unpaired) electrons. The third kappa shape index (κ3) is 1.77. The van der Waals surface area contributed by atoms with E-state index < -0.39 is 5.97 Å². The lowest BCUT2D eigenvalue weighted by Gasteiger charge is -2.05. The van der Waals surface area contributed by atoms with Gasteiger partial charge in [0.1, 0.15) is 0 Å². The van der Waals surface area contributed by atoms with Crippen molar-refractivity contribution in [1.82, 2.24) is 4.98 Å². The first kappa shape index (κ1) is 9.51. The third-order valence-electron chi connectivity index (χ3n) is 1.82. The van der Waals surface area contributed by atoms with Crippen molar-refractivity contribution in [3.05, 3.63) is 23.0 Å². The van der Waals surface area contributed by atoms with E-state index >= 15 is 0 Å². The van der Waals surface area contributed by atoms with Crippen LogP contribution in [-0.4, -0.2) is 18.1 Å². The first-order chi connectivity index (χ1) is 6.06. The summed E-state index contributed by atoms with van der Waals surface area (Å²) in [5.74, 6) is -0.430. The van der Waals surface area contributed by atoms with Gasteiger partial charge >= 0.3 is 5.97 Å². The van der Waals surface area contributed by atoms with Crippen LogP contribution in [0.5, 0.6) is 0 Å². The van der Waals surface area contributed by atoms with E-state index in [2.05, 4.69) is 9.72 Å². The summed E-state index contributed by atoms with van der Waals surface area (Å²) < 4.78 is 4.57. The molecule has 0 spiro atoms. The summed E-state index contributed by atoms with van der Waals surface area (Å²) in [6, 6.07) is 1.72. The van der Waals surface area contributed by atoms with Crippen molar-refractivity contribution in [3.63, 3.8) is 0 Å². The average molecular weight is 180 g/mol. The van der Waals surface area contributed by atoms with Crippen LogP contribution in [0.25, 0.3) is 0 Å². The summed E-state index contributed by atoms with van der Waals surface area (Å²) in [4.78, 5) is 15.2. The number of nitrogens with zero attached hydrogens (tertiary/aromatic N) is 1. The molecule has 0 aliphatic heterocycles. The molecular weight excluding hydrogens is 168 g/mol. The minimum atomic E-state index is -0.430. The Morgan fingerprint density at radius 1 is 1.54 bits per heavy atom. The second-order valence-corrected chi connectivity index (χ2v) is 2.82. The predicted octanol–water partition coefficient (Wildman–Crippen LogP) is 1.07. The maximum Gasteiger partial charge on any atom is 0.356 e. The zero-order chi connectivity index (χ0) is 10.0. The molecule has 13 heavy (non-hydrogen) atoms. The summed E-state index contributed by atoms with van der Waals surface area (Å²) in [6.07, 6.45) is 0. The zero-order valence-corrected chi connectivity index (χ0v) is 7.92. The number of ether oxygens (including phenoxy) is 1. The van der Waals surface area contributed by atoms with Crippen LogP contribution in [-0.2, 0) is 4.74 Å². The molecule has 0 saturated heterocycles. The number of aromatic nitrogens is 1. The molecular formula is C9H12N2O2. The van der Waals surface area contributed by atoms with Gasteiger partial charge < -0.3 is 10.5 Å². The van der Waals surface area contributed by atoms with Crippen LogP contribution in [0.4, 0.5) is 5.69 Å². The van der Waals surface area contributed by atoms with Crippen molar-refractivity contribution in [2.75, 3.05) is 12.8 Å². The van der Waals surface area contributed by atoms with E-state index in [1.54, 1.807) is 19.9 Å². The fourth-order valence-electron chi connectivity index (χ4n) is 1.03. The summed E-state index contributed by atoms with van der Waals surface area (Å²) >= 11 is 0. The van der Waals surface area contributed by atoms with Crippen molar-refractivity contribution in [2.24, 2.45) is 0 Å². The second-order valence-electron chi connectivity index (χ2n) is 2.82. The molecule has 0 unspecified atom stereocenters. The zero-order valence-electron chi connectivity index (χ0n) is 7.92. The van der Waals surface area contributed by atoms with Gasteiger partial charge in [-0.2, -0.15) is 0 Å². The van der Waals surface area contributed by atoms with Gasteiger partial charge in [0.05, 0.1) is 18.5 Å². The first-order valence-electron chi connectivity index (χ1n) is 3.88. The minimum absolute atomic E-state index is 0.328. The molecule has 4 nitrogen and oxygen atoms in total. The number of methoxy groups -OCH3 is 1. The standard InChI is InChI=1S/C9H12N2O2/c1-5-4-7(10)6(2)11-8(5)9(12)13-3/h4H,10H2,1-3H3. The smallest absolute Gasteiger partial charge is 0.356 e. The highest BCUT2D eigenvalue weighted by Crippen LogP contribution is 2.14. The number of aryl methyl sites for hydroxylation is 2. The molecule has 0 amide bonds. The molecule has 2 N–H and O–H groups in total. The molecule has 0 fully saturated rings. The molecule has 70 valence electrons. The Hall–Kier alpha value is -1.58. The van der Waals surface area contributed by atoms with E-state index in [0.29, 0.717) is 17.1 Å². The highest BCUT2D eigenvalue weighted by molar-refractivity contribution is 5.89. The van der Waals surface area contributed by atoms with Crippen LogP contribution in [0.1, 0.15) is 21.7 Å². The lowest BCUT2D eigenvalue weighted by Crippen LogP contribution is -2.09. The Balaban J connectivity index is 3.23. The Kier molecular flexibility index (Phi) is 2.51. The summed E-state index contributed by atoms with van der Waals surface area (Å²) in [5, 5.41) is 0. The number of carbonyl (C=O) groups is 1. The van der Waals surface area contributed by atoms with E-state index in [0.717, 1.165) is 5.56 Å². The van der Waals surface area contributed by atoms with Crippen molar-refractivity contribution in [2.45, 2.75) is 13.8 Å². The number of anilines is 1. The number of nitrogen functional groups attached to an aromatic ring is 1. The van der Waals surface area contributed by atoms with Crippen molar-refractivity contribution < 1.29 is 9.53 Å². The van der Waals surface area contributed by atoms with Crippen LogP contribution in [0.3, 0.4) is 0 Å². The molecule has 1 rings (SSSR count). The van der Waals surface area contributed by atoms with Gasteiger partial charge in [-0.1, -0.05) is 0 Å². The van der Waals surface area contributed by atoms with Crippen LogP contribution < -0.4 is 5.73 Å². The first-order valence-corrected chi connectivity index (χ1v) is 3.88. The van der Waals surface area contributed by atoms with Crippen molar-refractivity contribution in [1.29, 1.82) is 0 Å². The lowest BCUT2D eigenvalue weighted by atomic mass is 10.2. The van der Waals surface area contributed by atoms with Crippen molar-refractivity contribution in [3.8, 4) is 0 Å². The number of hydrogen-bond donors (Lipinski definition) is 1. The van der Waals surface area contributed by atoms with E-state index in [9.17, 15) is 4.79 Å². The molecule has 0 aromatic carbocycles. The molecule has 0 aliphatic carbocycles. The summed E-state index contributed by atoms with van der Waals surface area (Å²) in [6.45, 7) is 3.52. The van der Waals surface area contributed by atoms with Crippen LogP contribution in [0.2, 0.25) is 0 Å². The maximum absolute atomic E-state index is 11.2. The molecule has 0 bridgehead atoms. The highest BCUT2D eigenvalue weighted by Gasteiger charge is 2.12. The monoisotopic (exact) mass is 180 g/mol. The molecule has 0 saturated carbocycles. The predicted molar refractivity (Wildman–Crippen MR) is 49.5 cm³/mol. The van der Waals surface area contributed by atoms with E-state index in [-0.39, 0.29) is 0 Å². The Morgan fingerprint density at radius 3 is 2.69 bits per heavy atom. The molecule has 1 aromatic heterocycles. The van der Waals surface area contributed by atoms with Crippen molar-refractivity contribution >= 4 is 11.7 Å². The number of nitrogens with two attached hydrogens (primary N) is 1. The second kappa shape index (κ2) is 3.43. The molecule has 1 heterocycles. The average Bonchev–Trinajstić information content (AvgIpc) is 2.10. The number of pyridine rings is 1. The minimum Gasteiger partial charge on any atom is -0.464 e. The van der Waals surface area contributed by atoms with Gasteiger partial charge in [0, 0.05) is 0 Å². The number of carbonyl (C=O) groups excluding carboxylic acids is 1. The van der Waals surface area contributed by atoms with Gasteiger partial charge in [0.2, 0.25) is 0 Å². The highest BCUT2D eigenvalue weighted by atomic mass is 16.5.